The van der Waals surface area contributed by atoms with E-state index in [1.54, 1.807) is 0 Å². The summed E-state index contributed by atoms with van der Waals surface area (Å²) in [6.45, 7) is 8.97. The van der Waals surface area contributed by atoms with Gasteiger partial charge in [0, 0.05) is 5.54 Å². The van der Waals surface area contributed by atoms with Gasteiger partial charge in [0.1, 0.15) is 0 Å². The molecule has 15 heavy (non-hydrogen) atoms. The zero-order valence-electron chi connectivity index (χ0n) is 9.80. The fourth-order valence-electron chi connectivity index (χ4n) is 3.03. The van der Waals surface area contributed by atoms with Crippen LogP contribution in [0.3, 0.4) is 0 Å². The summed E-state index contributed by atoms with van der Waals surface area (Å²) < 4.78 is 0. The molecule has 0 aromatic rings. The van der Waals surface area contributed by atoms with Gasteiger partial charge in [0.05, 0.1) is 0 Å². The van der Waals surface area contributed by atoms with Gasteiger partial charge < -0.3 is 5.32 Å². The van der Waals surface area contributed by atoms with Gasteiger partial charge in [-0.15, -0.1) is 6.58 Å². The minimum absolute atomic E-state index is 0.315. The molecule has 2 nitrogen and oxygen atoms in total. The average Bonchev–Trinajstić information content (AvgIpc) is 2.59. The predicted molar refractivity (Wildman–Crippen MR) is 65.1 cm³/mol. The predicted octanol–water partition coefficient (Wildman–Crippen LogP) is 2.17. The molecule has 1 N–H and O–H groups in total. The molecule has 2 saturated heterocycles. The Balaban J connectivity index is 2.05. The summed E-state index contributed by atoms with van der Waals surface area (Å²) in [6, 6.07) is 0. The third kappa shape index (κ3) is 2.43. The van der Waals surface area contributed by atoms with Gasteiger partial charge in [-0.25, -0.2) is 0 Å². The largest absolute Gasteiger partial charge is 0.317 e. The zero-order valence-corrected chi connectivity index (χ0v) is 9.80. The highest BCUT2D eigenvalue weighted by Gasteiger charge is 2.34. The molecule has 86 valence electrons. The molecule has 0 aromatic carbocycles. The van der Waals surface area contributed by atoms with E-state index in [-0.39, 0.29) is 0 Å². The van der Waals surface area contributed by atoms with E-state index >= 15 is 0 Å². The van der Waals surface area contributed by atoms with Gasteiger partial charge in [0.2, 0.25) is 0 Å². The Morgan fingerprint density at radius 2 is 1.60 bits per heavy atom. The van der Waals surface area contributed by atoms with Crippen LogP contribution in [0.15, 0.2) is 12.7 Å². The molecule has 0 aromatic heterocycles. The van der Waals surface area contributed by atoms with Crippen molar-refractivity contribution in [3.8, 4) is 0 Å². The van der Waals surface area contributed by atoms with Crippen molar-refractivity contribution < 1.29 is 0 Å². The Morgan fingerprint density at radius 3 is 2.13 bits per heavy atom. The number of nitrogens with zero attached hydrogens (tertiary/aromatic N) is 1. The molecule has 0 radical (unpaired) electrons. The number of piperidine rings is 1. The Kier molecular flexibility index (Phi) is 3.81. The normalized spacial score (nSPS) is 28.3. The number of rotatable bonds is 2. The molecule has 0 amide bonds. The van der Waals surface area contributed by atoms with Crippen LogP contribution in [0.4, 0.5) is 0 Å². The molecule has 0 unspecified atom stereocenters. The van der Waals surface area contributed by atoms with Crippen molar-refractivity contribution in [1.29, 1.82) is 0 Å². The van der Waals surface area contributed by atoms with Crippen LogP contribution in [0.5, 0.6) is 0 Å². The summed E-state index contributed by atoms with van der Waals surface area (Å²) >= 11 is 0. The summed E-state index contributed by atoms with van der Waals surface area (Å²) in [4.78, 5) is 2.70. The first-order chi connectivity index (χ1) is 7.37. The van der Waals surface area contributed by atoms with E-state index in [9.17, 15) is 0 Å². The van der Waals surface area contributed by atoms with Crippen molar-refractivity contribution in [2.75, 3.05) is 26.2 Å². The Bertz CT molecular complexity index is 199. The minimum Gasteiger partial charge on any atom is -0.317 e. The molecule has 2 heteroatoms. The molecular weight excluding hydrogens is 184 g/mol. The van der Waals surface area contributed by atoms with Crippen LogP contribution in [0.25, 0.3) is 0 Å². The molecule has 0 aliphatic carbocycles. The highest BCUT2D eigenvalue weighted by atomic mass is 15.2. The molecule has 0 bridgehead atoms. The van der Waals surface area contributed by atoms with Crippen molar-refractivity contribution in [2.24, 2.45) is 0 Å². The molecule has 2 rings (SSSR count). The van der Waals surface area contributed by atoms with Crippen molar-refractivity contribution in [3.63, 3.8) is 0 Å². The quantitative estimate of drug-likeness (QED) is 0.700. The molecule has 2 fully saturated rings. The molecule has 2 aliphatic rings. The maximum Gasteiger partial charge on any atom is 0.0412 e. The summed E-state index contributed by atoms with van der Waals surface area (Å²) in [5, 5.41) is 3.45. The third-order valence-corrected chi connectivity index (χ3v) is 4.09. The van der Waals surface area contributed by atoms with E-state index in [2.05, 4.69) is 22.9 Å². The van der Waals surface area contributed by atoms with E-state index < -0.39 is 0 Å². The first-order valence-electron chi connectivity index (χ1n) is 6.47. The smallest absolute Gasteiger partial charge is 0.0412 e. The fraction of sp³-hybridized carbons (Fsp3) is 0.846. The van der Waals surface area contributed by atoms with E-state index in [1.165, 1.54) is 51.6 Å². The topological polar surface area (TPSA) is 15.3 Å². The monoisotopic (exact) mass is 208 g/mol. The van der Waals surface area contributed by atoms with E-state index in [0.717, 1.165) is 13.1 Å². The first kappa shape index (κ1) is 11.2. The van der Waals surface area contributed by atoms with Crippen LogP contribution < -0.4 is 5.32 Å². The molecular formula is C13H24N2. The van der Waals surface area contributed by atoms with Gasteiger partial charge >= 0.3 is 0 Å². The van der Waals surface area contributed by atoms with Crippen LogP contribution in [0.2, 0.25) is 0 Å². The lowest BCUT2D eigenvalue weighted by Crippen LogP contribution is -2.53. The molecule has 2 heterocycles. The van der Waals surface area contributed by atoms with Gasteiger partial charge in [-0.05, 0) is 51.9 Å². The van der Waals surface area contributed by atoms with Crippen LogP contribution in [0, 0.1) is 0 Å². The second-order valence-corrected chi connectivity index (χ2v) is 4.96. The lowest BCUT2D eigenvalue weighted by molar-refractivity contribution is 0.102. The second kappa shape index (κ2) is 5.13. The zero-order chi connectivity index (χ0) is 10.6. The van der Waals surface area contributed by atoms with Crippen LogP contribution >= 0.6 is 0 Å². The lowest BCUT2D eigenvalue weighted by Gasteiger charge is -2.44. The van der Waals surface area contributed by atoms with Gasteiger partial charge in [-0.1, -0.05) is 18.9 Å². The first-order valence-corrected chi connectivity index (χ1v) is 6.47. The van der Waals surface area contributed by atoms with Crippen LogP contribution in [-0.4, -0.2) is 36.6 Å². The molecule has 0 atom stereocenters. The summed E-state index contributed by atoms with van der Waals surface area (Å²) in [6.07, 6.45) is 10.3. The van der Waals surface area contributed by atoms with E-state index in [0.29, 0.717) is 5.54 Å². The van der Waals surface area contributed by atoms with Gasteiger partial charge in [-0.2, -0.15) is 0 Å². The second-order valence-electron chi connectivity index (χ2n) is 4.96. The number of nitrogens with one attached hydrogen (secondary N) is 1. The highest BCUT2D eigenvalue weighted by molar-refractivity contribution is 5.07. The van der Waals surface area contributed by atoms with Gasteiger partial charge in [-0.3, -0.25) is 4.90 Å². The van der Waals surface area contributed by atoms with E-state index in [4.69, 9.17) is 0 Å². The minimum atomic E-state index is 0.315. The lowest BCUT2D eigenvalue weighted by atomic mass is 9.86. The fourth-order valence-corrected chi connectivity index (χ4v) is 3.03. The maximum atomic E-state index is 4.09. The number of likely N-dealkylation sites (tertiary alicyclic amines) is 1. The standard InChI is InChI=1S/C13H24N2/c1-2-13(7-9-14-10-8-13)15-11-5-3-4-6-12-15/h2,14H,1,3-12H2. The highest BCUT2D eigenvalue weighted by Crippen LogP contribution is 2.29. The third-order valence-electron chi connectivity index (χ3n) is 4.09. The van der Waals surface area contributed by atoms with Crippen molar-refractivity contribution in [3.05, 3.63) is 12.7 Å². The maximum absolute atomic E-state index is 4.09. The van der Waals surface area contributed by atoms with Crippen molar-refractivity contribution in [1.82, 2.24) is 10.2 Å². The van der Waals surface area contributed by atoms with Crippen molar-refractivity contribution in [2.45, 2.75) is 44.1 Å². The SMILES string of the molecule is C=CC1(N2CCCCCC2)CCNCC1. The van der Waals surface area contributed by atoms with E-state index in [1.807, 2.05) is 0 Å². The summed E-state index contributed by atoms with van der Waals surface area (Å²) in [7, 11) is 0. The van der Waals surface area contributed by atoms with Crippen LogP contribution in [-0.2, 0) is 0 Å². The van der Waals surface area contributed by atoms with Crippen LogP contribution in [0.1, 0.15) is 38.5 Å². The van der Waals surface area contributed by atoms with Gasteiger partial charge in [0.25, 0.3) is 0 Å². The Hall–Kier alpha value is -0.340. The summed E-state index contributed by atoms with van der Waals surface area (Å²) in [5.74, 6) is 0. The molecule has 0 spiro atoms. The van der Waals surface area contributed by atoms with Gasteiger partial charge in [0.15, 0.2) is 0 Å². The number of hydrogen-bond donors (Lipinski definition) is 1. The Morgan fingerprint density at radius 1 is 1.00 bits per heavy atom. The molecule has 0 saturated carbocycles. The average molecular weight is 208 g/mol. The number of hydrogen-bond acceptors (Lipinski definition) is 2. The Labute approximate surface area is 93.7 Å². The molecule has 2 aliphatic heterocycles. The van der Waals surface area contributed by atoms with Crippen molar-refractivity contribution >= 4 is 0 Å². The summed E-state index contributed by atoms with van der Waals surface area (Å²) in [5.41, 5.74) is 0.315.